The van der Waals surface area contributed by atoms with Crippen LogP contribution in [0.2, 0.25) is 0 Å². The molecule has 0 saturated heterocycles. The molecule has 0 aliphatic heterocycles. The van der Waals surface area contributed by atoms with E-state index in [-0.39, 0.29) is 23.0 Å². The van der Waals surface area contributed by atoms with Crippen molar-refractivity contribution >= 4 is 19.4 Å². The van der Waals surface area contributed by atoms with Crippen LogP contribution in [0.1, 0.15) is 0 Å². The zero-order valence-corrected chi connectivity index (χ0v) is 5.52. The molecule has 0 aliphatic rings. The minimum atomic E-state index is -0.500. The Morgan fingerprint density at radius 1 is 1.00 bits per heavy atom. The molecule has 1 N–H and O–H groups in total. The van der Waals surface area contributed by atoms with E-state index in [0.29, 0.717) is 0 Å². The Balaban J connectivity index is -0.0000000257. The molecule has 0 atom stereocenters. The van der Waals surface area contributed by atoms with Crippen molar-refractivity contribution in [2.24, 2.45) is 0 Å². The number of carbonyl (C=O) groups is 3. The fourth-order valence-electron chi connectivity index (χ4n) is 0. The predicted octanol–water partition coefficient (Wildman–Crippen LogP) is -3.57. The first-order valence-corrected chi connectivity index (χ1v) is 1.44. The van der Waals surface area contributed by atoms with Gasteiger partial charge in [0, 0.05) is 12.9 Å². The van der Waals surface area contributed by atoms with Gasteiger partial charge in [0.2, 0.25) is 0 Å². The van der Waals surface area contributed by atoms with Gasteiger partial charge in [-0.15, -0.1) is 0 Å². The molecule has 0 spiro atoms. The summed E-state index contributed by atoms with van der Waals surface area (Å²) >= 11 is 0. The minimum absolute atomic E-state index is 0. The first kappa shape index (κ1) is 23.1. The van der Waals surface area contributed by atoms with Gasteiger partial charge in [0.05, 0.1) is 0 Å². The van der Waals surface area contributed by atoms with Gasteiger partial charge in [-0.1, -0.05) is 0 Å². The Kier molecular flexibility index (Phi) is 240. The third-order valence-electron chi connectivity index (χ3n) is 0. The second-order valence-corrected chi connectivity index (χ2v) is 0.298. The number of hydrogen-bond donors (Lipinski definition) is 1. The summed E-state index contributed by atoms with van der Waals surface area (Å²) in [4.78, 5) is 24.9. The van der Waals surface area contributed by atoms with E-state index < -0.39 is 12.9 Å². The fraction of sp³-hybridized carbons (Fsp3) is 0. The Bertz CT molecular complexity index is 49.7. The number of hydrogen-bond acceptors (Lipinski definition) is 5. The summed E-state index contributed by atoms with van der Waals surface area (Å²) in [7, 11) is 0. The van der Waals surface area contributed by atoms with Crippen molar-refractivity contribution in [3.63, 3.8) is 0 Å². The summed E-state index contributed by atoms with van der Waals surface area (Å²) in [6, 6.07) is 0. The minimum Gasteiger partial charge on any atom is -0.554 e. The monoisotopic (exact) mass is 194 g/mol. The molecule has 0 saturated carbocycles. The van der Waals surface area contributed by atoms with Crippen molar-refractivity contribution < 1.29 is 46.2 Å². The van der Waals surface area contributed by atoms with Crippen molar-refractivity contribution in [3.05, 3.63) is 0 Å². The maximum absolute atomic E-state index is 8.36. The maximum atomic E-state index is 8.36. The average molecular weight is 195 g/mol. The smallest absolute Gasteiger partial charge is 0.554 e. The van der Waals surface area contributed by atoms with E-state index in [0.717, 1.165) is 0 Å². The van der Waals surface area contributed by atoms with E-state index in [1.165, 1.54) is 0 Å². The molecule has 0 radical (unpaired) electrons. The molecule has 0 aromatic heterocycles. The van der Waals surface area contributed by atoms with Gasteiger partial charge in [-0.25, -0.2) is 0 Å². The van der Waals surface area contributed by atoms with Crippen LogP contribution >= 0.6 is 0 Å². The van der Waals surface area contributed by atoms with Crippen LogP contribution in [0.4, 0.5) is 0 Å². The van der Waals surface area contributed by atoms with Gasteiger partial charge in [-0.3, -0.25) is 4.79 Å². The summed E-state index contributed by atoms with van der Waals surface area (Å²) in [6.07, 6.45) is 0. The average Bonchev–Trinajstić information content (AvgIpc) is 1.70. The standard InChI is InChI=1S/3CH2O2.Ni/c3*2-1-3;/h3*1H,(H,2,3);/q;;;+2/p-2. The van der Waals surface area contributed by atoms with Crippen molar-refractivity contribution in [1.29, 1.82) is 0 Å². The molecule has 0 aromatic carbocycles. The van der Waals surface area contributed by atoms with Gasteiger partial charge < -0.3 is 24.9 Å². The fourth-order valence-corrected chi connectivity index (χ4v) is 0. The molecule has 0 unspecified atom stereocenters. The van der Waals surface area contributed by atoms with Gasteiger partial charge in [-0.2, -0.15) is 0 Å². The van der Waals surface area contributed by atoms with E-state index in [1.54, 1.807) is 0 Å². The van der Waals surface area contributed by atoms with Crippen molar-refractivity contribution in [2.45, 2.75) is 0 Å². The van der Waals surface area contributed by atoms with Gasteiger partial charge in [-0.05, 0) is 0 Å². The molecule has 0 fully saturated rings. The van der Waals surface area contributed by atoms with E-state index in [4.69, 9.17) is 29.7 Å². The summed E-state index contributed by atoms with van der Waals surface area (Å²) < 4.78 is 0. The zero-order chi connectivity index (χ0) is 8.12. The van der Waals surface area contributed by atoms with Gasteiger partial charge in [0.15, 0.2) is 0 Å². The molecule has 0 heterocycles. The molecular formula is C3H4NiO6. The molecule has 0 amide bonds. The summed E-state index contributed by atoms with van der Waals surface area (Å²) in [5, 5.41) is 23.4. The van der Waals surface area contributed by atoms with Crippen LogP contribution in [0.3, 0.4) is 0 Å². The largest absolute Gasteiger partial charge is 2.00 e. The van der Waals surface area contributed by atoms with Gasteiger partial charge >= 0.3 is 16.5 Å². The Hall–Kier alpha value is -1.10. The third-order valence-corrected chi connectivity index (χ3v) is 0. The SMILES string of the molecule is O=CO.O=C[O-].O=C[O-].[Ni+2]. The van der Waals surface area contributed by atoms with Crippen LogP contribution < -0.4 is 10.2 Å². The summed E-state index contributed by atoms with van der Waals surface area (Å²) in [5.41, 5.74) is 0. The van der Waals surface area contributed by atoms with Gasteiger partial charge in [0.1, 0.15) is 0 Å². The Morgan fingerprint density at radius 2 is 1.00 bits per heavy atom. The molecule has 0 aromatic rings. The molecule has 0 bridgehead atoms. The molecule has 6 nitrogen and oxygen atoms in total. The van der Waals surface area contributed by atoms with Crippen molar-refractivity contribution in [3.8, 4) is 0 Å². The van der Waals surface area contributed by atoms with E-state index >= 15 is 0 Å². The van der Waals surface area contributed by atoms with Crippen LogP contribution in [0, 0.1) is 0 Å². The number of carbonyl (C=O) groups excluding carboxylic acids is 2. The quantitative estimate of drug-likeness (QED) is 0.315. The first-order chi connectivity index (χ1) is 4.24. The van der Waals surface area contributed by atoms with Crippen LogP contribution in [-0.4, -0.2) is 24.5 Å². The third kappa shape index (κ3) is 200. The molecular weight excluding hydrogens is 191 g/mol. The molecule has 0 rings (SSSR count). The molecule has 0 aliphatic carbocycles. The molecule has 10 heavy (non-hydrogen) atoms. The zero-order valence-electron chi connectivity index (χ0n) is 4.54. The van der Waals surface area contributed by atoms with Crippen LogP contribution in [0.15, 0.2) is 0 Å². The van der Waals surface area contributed by atoms with E-state index in [2.05, 4.69) is 0 Å². The summed E-state index contributed by atoms with van der Waals surface area (Å²) in [6.45, 7) is -1.25. The first-order valence-electron chi connectivity index (χ1n) is 1.44. The second kappa shape index (κ2) is 104. The Labute approximate surface area is 66.4 Å². The molecule has 7 heteroatoms. The van der Waals surface area contributed by atoms with Gasteiger partial charge in [0.25, 0.3) is 6.47 Å². The maximum Gasteiger partial charge on any atom is 2.00 e. The van der Waals surface area contributed by atoms with Crippen molar-refractivity contribution in [2.75, 3.05) is 0 Å². The topological polar surface area (TPSA) is 118 Å². The van der Waals surface area contributed by atoms with Crippen LogP contribution in [-0.2, 0) is 30.9 Å². The van der Waals surface area contributed by atoms with E-state index in [9.17, 15) is 0 Å². The van der Waals surface area contributed by atoms with Crippen molar-refractivity contribution in [1.82, 2.24) is 0 Å². The summed E-state index contributed by atoms with van der Waals surface area (Å²) in [5.74, 6) is 0. The normalized spacial score (nSPS) is 3.60. The van der Waals surface area contributed by atoms with Crippen LogP contribution in [0.25, 0.3) is 0 Å². The predicted molar refractivity (Wildman–Crippen MR) is 20.8 cm³/mol. The van der Waals surface area contributed by atoms with E-state index in [1.807, 2.05) is 0 Å². The second-order valence-electron chi connectivity index (χ2n) is 0.298. The Morgan fingerprint density at radius 3 is 1.00 bits per heavy atom. The number of rotatable bonds is 0. The molecule has 62 valence electrons. The van der Waals surface area contributed by atoms with Crippen LogP contribution in [0.5, 0.6) is 0 Å². The number of carboxylic acid groups (broad SMARTS) is 3.